The summed E-state index contributed by atoms with van der Waals surface area (Å²) in [7, 11) is 0. The van der Waals surface area contributed by atoms with Crippen LogP contribution in [0, 0.1) is 5.92 Å². The van der Waals surface area contributed by atoms with E-state index in [4.69, 9.17) is 9.47 Å². The average Bonchev–Trinajstić information content (AvgIpc) is 3.24. The molecule has 2 aromatic carbocycles. The lowest BCUT2D eigenvalue weighted by atomic mass is 9.56. The van der Waals surface area contributed by atoms with Crippen LogP contribution in [0.4, 0.5) is 0 Å². The van der Waals surface area contributed by atoms with Crippen LogP contribution in [0.3, 0.4) is 0 Å². The molecule has 0 radical (unpaired) electrons. The molecule has 2 saturated carbocycles. The Bertz CT molecular complexity index is 1040. The summed E-state index contributed by atoms with van der Waals surface area (Å²) in [5.74, 6) is 3.13. The molecule has 2 aromatic rings. The number of benzene rings is 2. The first-order chi connectivity index (χ1) is 14.6. The molecular weight excluding hydrogens is 380 g/mol. The summed E-state index contributed by atoms with van der Waals surface area (Å²) in [6.45, 7) is 13.5. The monoisotopic (exact) mass is 416 g/mol. The van der Waals surface area contributed by atoms with Crippen LogP contribution in [-0.4, -0.2) is 13.2 Å². The molecule has 164 valence electrons. The van der Waals surface area contributed by atoms with Gasteiger partial charge >= 0.3 is 0 Å². The van der Waals surface area contributed by atoms with E-state index in [1.807, 2.05) is 0 Å². The molecule has 0 saturated heterocycles. The summed E-state index contributed by atoms with van der Waals surface area (Å²) < 4.78 is 12.6. The number of fused-ring (bicyclic) bond motifs is 4. The summed E-state index contributed by atoms with van der Waals surface area (Å²) in [4.78, 5) is 0. The summed E-state index contributed by atoms with van der Waals surface area (Å²) >= 11 is 0. The van der Waals surface area contributed by atoms with Crippen LogP contribution in [0.2, 0.25) is 0 Å². The molecule has 2 heteroatoms. The molecule has 6 rings (SSSR count). The van der Waals surface area contributed by atoms with Gasteiger partial charge in [0.2, 0.25) is 0 Å². The van der Waals surface area contributed by atoms with Crippen molar-refractivity contribution in [3.8, 4) is 11.5 Å². The van der Waals surface area contributed by atoms with Crippen molar-refractivity contribution >= 4 is 0 Å². The van der Waals surface area contributed by atoms with E-state index in [2.05, 4.69) is 71.0 Å². The Balaban J connectivity index is 1.22. The quantitative estimate of drug-likeness (QED) is 0.547. The van der Waals surface area contributed by atoms with Gasteiger partial charge in [0, 0.05) is 27.5 Å². The molecule has 2 spiro atoms. The van der Waals surface area contributed by atoms with Gasteiger partial charge < -0.3 is 9.47 Å². The van der Waals surface area contributed by atoms with Crippen LogP contribution in [0.25, 0.3) is 0 Å². The zero-order valence-corrected chi connectivity index (χ0v) is 19.8. The second-order valence-corrected chi connectivity index (χ2v) is 12.6. The number of para-hydroxylation sites is 2. The summed E-state index contributed by atoms with van der Waals surface area (Å²) in [5, 5.41) is 0. The van der Waals surface area contributed by atoms with Crippen molar-refractivity contribution in [1.29, 1.82) is 0 Å². The smallest absolute Gasteiger partial charge is 0.126 e. The molecule has 0 N–H and O–H groups in total. The third kappa shape index (κ3) is 2.82. The minimum Gasteiger partial charge on any atom is -0.492 e. The largest absolute Gasteiger partial charge is 0.492 e. The molecule has 2 heterocycles. The predicted octanol–water partition coefficient (Wildman–Crippen LogP) is 6.82. The molecule has 2 aliphatic heterocycles. The number of rotatable bonds is 3. The maximum Gasteiger partial charge on any atom is 0.126 e. The minimum atomic E-state index is 0.120. The SMILES string of the molecule is CC(C)(C)c1cccc2c1OCC21CC(CC(C)(C)c2cccc3c2OCC32CC2)C1. The molecule has 2 fully saturated rings. The van der Waals surface area contributed by atoms with E-state index in [-0.39, 0.29) is 16.2 Å². The van der Waals surface area contributed by atoms with Crippen molar-refractivity contribution in [2.45, 2.75) is 88.4 Å². The van der Waals surface area contributed by atoms with Crippen molar-refractivity contribution in [2.24, 2.45) is 5.92 Å². The van der Waals surface area contributed by atoms with Crippen molar-refractivity contribution in [2.75, 3.05) is 13.2 Å². The Hall–Kier alpha value is -1.96. The third-order valence-electron chi connectivity index (χ3n) is 8.71. The van der Waals surface area contributed by atoms with Crippen molar-refractivity contribution in [3.63, 3.8) is 0 Å². The first-order valence-corrected chi connectivity index (χ1v) is 12.2. The van der Waals surface area contributed by atoms with E-state index in [1.54, 1.807) is 0 Å². The number of hydrogen-bond acceptors (Lipinski definition) is 2. The Morgan fingerprint density at radius 3 is 1.94 bits per heavy atom. The molecule has 2 nitrogen and oxygen atoms in total. The second kappa shape index (κ2) is 6.09. The first kappa shape index (κ1) is 19.7. The molecule has 2 aliphatic carbocycles. The van der Waals surface area contributed by atoms with E-state index in [9.17, 15) is 0 Å². The van der Waals surface area contributed by atoms with E-state index in [0.717, 1.165) is 19.1 Å². The lowest BCUT2D eigenvalue weighted by Gasteiger charge is -2.47. The fourth-order valence-corrected chi connectivity index (χ4v) is 6.84. The van der Waals surface area contributed by atoms with Gasteiger partial charge in [-0.3, -0.25) is 0 Å². The van der Waals surface area contributed by atoms with Crippen LogP contribution in [0.1, 0.15) is 89.0 Å². The molecule has 0 unspecified atom stereocenters. The lowest BCUT2D eigenvalue weighted by Crippen LogP contribution is -2.44. The Morgan fingerprint density at radius 1 is 0.774 bits per heavy atom. The molecule has 0 bridgehead atoms. The highest BCUT2D eigenvalue weighted by Gasteiger charge is 2.54. The van der Waals surface area contributed by atoms with Gasteiger partial charge in [0.1, 0.15) is 11.5 Å². The van der Waals surface area contributed by atoms with Gasteiger partial charge in [-0.25, -0.2) is 0 Å². The molecule has 0 amide bonds. The highest BCUT2D eigenvalue weighted by Crippen LogP contribution is 2.60. The van der Waals surface area contributed by atoms with E-state index >= 15 is 0 Å². The fourth-order valence-electron chi connectivity index (χ4n) is 6.84. The van der Waals surface area contributed by atoms with Gasteiger partial charge in [0.15, 0.2) is 0 Å². The Labute approximate surface area is 187 Å². The lowest BCUT2D eigenvalue weighted by molar-refractivity contribution is 0.0866. The molecular formula is C29H36O2. The zero-order valence-electron chi connectivity index (χ0n) is 19.8. The maximum atomic E-state index is 6.35. The number of ether oxygens (including phenoxy) is 2. The molecule has 0 atom stereocenters. The minimum absolute atomic E-state index is 0.120. The zero-order chi connectivity index (χ0) is 21.6. The van der Waals surface area contributed by atoms with Gasteiger partial charge in [-0.2, -0.15) is 0 Å². The highest BCUT2D eigenvalue weighted by molar-refractivity contribution is 5.55. The topological polar surface area (TPSA) is 18.5 Å². The van der Waals surface area contributed by atoms with Crippen molar-refractivity contribution in [1.82, 2.24) is 0 Å². The third-order valence-corrected chi connectivity index (χ3v) is 8.71. The summed E-state index contributed by atoms with van der Waals surface area (Å²) in [5.41, 5.74) is 6.58. The maximum absolute atomic E-state index is 6.35. The first-order valence-electron chi connectivity index (χ1n) is 12.2. The second-order valence-electron chi connectivity index (χ2n) is 12.6. The summed E-state index contributed by atoms with van der Waals surface area (Å²) in [6, 6.07) is 13.7. The van der Waals surface area contributed by atoms with E-state index in [1.165, 1.54) is 65.9 Å². The van der Waals surface area contributed by atoms with Crippen molar-refractivity contribution in [3.05, 3.63) is 58.7 Å². The van der Waals surface area contributed by atoms with Gasteiger partial charge in [-0.1, -0.05) is 71.0 Å². The van der Waals surface area contributed by atoms with Gasteiger partial charge in [0.05, 0.1) is 13.2 Å². The molecule has 4 aliphatic rings. The van der Waals surface area contributed by atoms with Crippen LogP contribution in [0.15, 0.2) is 36.4 Å². The van der Waals surface area contributed by atoms with Crippen LogP contribution in [-0.2, 0) is 21.7 Å². The van der Waals surface area contributed by atoms with Gasteiger partial charge in [0.25, 0.3) is 0 Å². The standard InChI is InChI=1S/C29H36O2/c1-26(2,3)20-8-6-11-23-24(20)31-18-29(23)15-19(16-29)14-27(4,5)21-9-7-10-22-25(21)30-17-28(22)12-13-28/h6-11,19H,12-18H2,1-5H3. The van der Waals surface area contributed by atoms with Gasteiger partial charge in [-0.15, -0.1) is 0 Å². The fraction of sp³-hybridized carbons (Fsp3) is 0.586. The van der Waals surface area contributed by atoms with Crippen LogP contribution in [0.5, 0.6) is 11.5 Å². The van der Waals surface area contributed by atoms with Crippen molar-refractivity contribution < 1.29 is 9.47 Å². The predicted molar refractivity (Wildman–Crippen MR) is 126 cm³/mol. The molecule has 31 heavy (non-hydrogen) atoms. The van der Waals surface area contributed by atoms with E-state index in [0.29, 0.717) is 5.41 Å². The average molecular weight is 417 g/mol. The Morgan fingerprint density at radius 2 is 1.32 bits per heavy atom. The summed E-state index contributed by atoms with van der Waals surface area (Å²) in [6.07, 6.45) is 6.31. The Kier molecular flexibility index (Phi) is 3.87. The van der Waals surface area contributed by atoms with Crippen LogP contribution < -0.4 is 9.47 Å². The highest BCUT2D eigenvalue weighted by atomic mass is 16.5. The van der Waals surface area contributed by atoms with E-state index < -0.39 is 0 Å². The number of hydrogen-bond donors (Lipinski definition) is 0. The normalized spacial score (nSPS) is 27.5. The van der Waals surface area contributed by atoms with Gasteiger partial charge in [-0.05, 0) is 54.4 Å². The molecule has 0 aromatic heterocycles. The van der Waals surface area contributed by atoms with Crippen LogP contribution >= 0.6 is 0 Å².